The molecule has 0 aliphatic carbocycles. The minimum absolute atomic E-state index is 1.29. The van der Waals surface area contributed by atoms with Gasteiger partial charge in [0.1, 0.15) is 0 Å². The Morgan fingerprint density at radius 3 is 2.15 bits per heavy atom. The summed E-state index contributed by atoms with van der Waals surface area (Å²) >= 11 is 3.84. The number of aryl methyl sites for hydroxylation is 1. The minimum atomic E-state index is 1.29. The first-order chi connectivity index (χ1) is 13.3. The van der Waals surface area contributed by atoms with Gasteiger partial charge in [-0.2, -0.15) is 0 Å². The zero-order chi connectivity index (χ0) is 18.0. The molecule has 0 aliphatic heterocycles. The summed E-state index contributed by atoms with van der Waals surface area (Å²) in [6.45, 7) is 2.15. The summed E-state index contributed by atoms with van der Waals surface area (Å²) in [5.74, 6) is 0. The molecule has 0 bridgehead atoms. The van der Waals surface area contributed by atoms with E-state index in [1.807, 2.05) is 22.7 Å². The molecule has 0 unspecified atom stereocenters. The van der Waals surface area contributed by atoms with E-state index in [2.05, 4.69) is 85.8 Å². The molecule has 2 heterocycles. The predicted molar refractivity (Wildman–Crippen MR) is 122 cm³/mol. The highest BCUT2D eigenvalue weighted by Crippen LogP contribution is 2.44. The molecular weight excluding hydrogens is 364 g/mol. The van der Waals surface area contributed by atoms with Crippen molar-refractivity contribution in [2.24, 2.45) is 0 Å². The molecule has 128 valence electrons. The van der Waals surface area contributed by atoms with Gasteiger partial charge in [0.25, 0.3) is 0 Å². The van der Waals surface area contributed by atoms with Gasteiger partial charge in [-0.1, -0.05) is 66.2 Å². The largest absolute Gasteiger partial charge is 0.134 e. The van der Waals surface area contributed by atoms with Crippen LogP contribution in [0.5, 0.6) is 0 Å². The molecule has 0 aliphatic rings. The highest BCUT2D eigenvalue weighted by Gasteiger charge is 2.12. The van der Waals surface area contributed by atoms with Crippen molar-refractivity contribution in [3.63, 3.8) is 0 Å². The molecule has 0 atom stereocenters. The Morgan fingerprint density at radius 2 is 1.22 bits per heavy atom. The third-order valence-electron chi connectivity index (χ3n) is 5.32. The summed E-state index contributed by atoms with van der Waals surface area (Å²) in [4.78, 5) is 0. The van der Waals surface area contributed by atoms with Crippen molar-refractivity contribution in [2.75, 3.05) is 0 Å². The van der Waals surface area contributed by atoms with Crippen LogP contribution in [0.1, 0.15) is 5.56 Å². The first kappa shape index (κ1) is 15.4. The van der Waals surface area contributed by atoms with Gasteiger partial charge in [-0.25, -0.2) is 0 Å². The van der Waals surface area contributed by atoms with E-state index in [4.69, 9.17) is 0 Å². The number of fused-ring (bicyclic) bond motifs is 6. The molecule has 0 saturated heterocycles. The van der Waals surface area contributed by atoms with Gasteiger partial charge in [-0.3, -0.25) is 0 Å². The van der Waals surface area contributed by atoms with Gasteiger partial charge in [0.15, 0.2) is 0 Å². The standard InChI is InChI=1S/C25H16S2/c1-15-6-7-17-13-18(9-8-16(17)12-15)19-10-11-21-23(14-19)27-24-20-4-2-3-5-22(20)26-25(21)24/h2-14H,1H3. The summed E-state index contributed by atoms with van der Waals surface area (Å²) < 4.78 is 5.62. The molecule has 0 amide bonds. The zero-order valence-electron chi connectivity index (χ0n) is 14.8. The first-order valence-corrected chi connectivity index (χ1v) is 10.7. The highest BCUT2D eigenvalue weighted by molar-refractivity contribution is 7.36. The molecule has 2 aromatic heterocycles. The molecule has 0 N–H and O–H groups in total. The lowest BCUT2D eigenvalue weighted by Crippen LogP contribution is -1.80. The van der Waals surface area contributed by atoms with Gasteiger partial charge in [-0.15, -0.1) is 22.7 Å². The van der Waals surface area contributed by atoms with Crippen molar-refractivity contribution in [1.29, 1.82) is 0 Å². The van der Waals surface area contributed by atoms with Crippen LogP contribution in [0.3, 0.4) is 0 Å². The second-order valence-electron chi connectivity index (χ2n) is 7.13. The minimum Gasteiger partial charge on any atom is -0.134 e. The molecular formula is C25H16S2. The SMILES string of the molecule is Cc1ccc2cc(-c3ccc4c(c3)sc3c5ccccc5sc43)ccc2c1. The van der Waals surface area contributed by atoms with E-state index in [1.54, 1.807) is 0 Å². The number of thiophene rings is 2. The molecule has 27 heavy (non-hydrogen) atoms. The maximum absolute atomic E-state index is 2.36. The van der Waals surface area contributed by atoms with E-state index < -0.39 is 0 Å². The lowest BCUT2D eigenvalue weighted by Gasteiger charge is -2.05. The lowest BCUT2D eigenvalue weighted by atomic mass is 10.00. The van der Waals surface area contributed by atoms with Gasteiger partial charge in [0.2, 0.25) is 0 Å². The smallest absolute Gasteiger partial charge is 0.0542 e. The van der Waals surface area contributed by atoms with Crippen LogP contribution in [0.25, 0.3) is 51.5 Å². The molecule has 0 fully saturated rings. The molecule has 0 saturated carbocycles. The van der Waals surface area contributed by atoms with E-state index in [0.29, 0.717) is 0 Å². The van der Waals surface area contributed by atoms with Crippen LogP contribution >= 0.6 is 22.7 Å². The van der Waals surface area contributed by atoms with Crippen molar-refractivity contribution in [3.8, 4) is 11.1 Å². The summed E-state index contributed by atoms with van der Waals surface area (Å²) in [6, 6.07) is 29.1. The summed E-state index contributed by atoms with van der Waals surface area (Å²) in [6.07, 6.45) is 0. The van der Waals surface area contributed by atoms with Gasteiger partial charge >= 0.3 is 0 Å². The summed E-state index contributed by atoms with van der Waals surface area (Å²) in [5.41, 5.74) is 3.89. The Morgan fingerprint density at radius 1 is 0.556 bits per heavy atom. The van der Waals surface area contributed by atoms with E-state index >= 15 is 0 Å². The lowest BCUT2D eigenvalue weighted by molar-refractivity contribution is 1.51. The van der Waals surface area contributed by atoms with Crippen LogP contribution in [0.2, 0.25) is 0 Å². The van der Waals surface area contributed by atoms with Gasteiger partial charge < -0.3 is 0 Å². The number of rotatable bonds is 1. The summed E-state index contributed by atoms with van der Waals surface area (Å²) in [7, 11) is 0. The fourth-order valence-electron chi connectivity index (χ4n) is 3.93. The van der Waals surface area contributed by atoms with Crippen LogP contribution < -0.4 is 0 Å². The fourth-order valence-corrected chi connectivity index (χ4v) is 6.62. The monoisotopic (exact) mass is 380 g/mol. The van der Waals surface area contributed by atoms with Crippen molar-refractivity contribution in [3.05, 3.63) is 84.4 Å². The van der Waals surface area contributed by atoms with E-state index in [1.165, 1.54) is 57.0 Å². The van der Waals surface area contributed by atoms with Crippen molar-refractivity contribution >= 4 is 63.0 Å². The molecule has 6 rings (SSSR count). The Hall–Kier alpha value is -2.68. The first-order valence-electron chi connectivity index (χ1n) is 9.11. The predicted octanol–water partition coefficient (Wildman–Crippen LogP) is 8.40. The second kappa shape index (κ2) is 5.66. The molecule has 4 aromatic carbocycles. The normalized spacial score (nSPS) is 11.9. The third-order valence-corrected chi connectivity index (χ3v) is 7.84. The Kier molecular flexibility index (Phi) is 3.22. The van der Waals surface area contributed by atoms with E-state index in [9.17, 15) is 0 Å². The molecule has 0 nitrogen and oxygen atoms in total. The Bertz CT molecular complexity index is 1480. The quantitative estimate of drug-likeness (QED) is 0.269. The molecule has 0 spiro atoms. The van der Waals surface area contributed by atoms with Crippen molar-refractivity contribution in [1.82, 2.24) is 0 Å². The second-order valence-corrected chi connectivity index (χ2v) is 9.24. The average Bonchev–Trinajstić information content (AvgIpc) is 3.23. The van der Waals surface area contributed by atoms with Gasteiger partial charge in [-0.05, 0) is 47.0 Å². The average molecular weight is 381 g/mol. The topological polar surface area (TPSA) is 0 Å². The van der Waals surface area contributed by atoms with Crippen LogP contribution in [0.15, 0.2) is 78.9 Å². The van der Waals surface area contributed by atoms with Crippen molar-refractivity contribution in [2.45, 2.75) is 6.92 Å². The van der Waals surface area contributed by atoms with Gasteiger partial charge in [0, 0.05) is 20.2 Å². The van der Waals surface area contributed by atoms with Crippen molar-refractivity contribution < 1.29 is 0 Å². The van der Waals surface area contributed by atoms with Crippen LogP contribution in [-0.4, -0.2) is 0 Å². The van der Waals surface area contributed by atoms with E-state index in [-0.39, 0.29) is 0 Å². The fraction of sp³-hybridized carbons (Fsp3) is 0.0400. The van der Waals surface area contributed by atoms with Crippen LogP contribution in [0, 0.1) is 6.92 Å². The third kappa shape index (κ3) is 2.34. The molecule has 6 aromatic rings. The van der Waals surface area contributed by atoms with Crippen LogP contribution in [-0.2, 0) is 0 Å². The number of hydrogen-bond donors (Lipinski definition) is 0. The van der Waals surface area contributed by atoms with Crippen LogP contribution in [0.4, 0.5) is 0 Å². The maximum Gasteiger partial charge on any atom is 0.0542 e. The van der Waals surface area contributed by atoms with E-state index in [0.717, 1.165) is 0 Å². The highest BCUT2D eigenvalue weighted by atomic mass is 32.1. The molecule has 0 radical (unpaired) electrons. The molecule has 2 heteroatoms. The Labute approximate surface area is 165 Å². The maximum atomic E-state index is 2.36. The number of benzene rings is 4. The zero-order valence-corrected chi connectivity index (χ0v) is 16.5. The Balaban J connectivity index is 1.55. The number of hydrogen-bond acceptors (Lipinski definition) is 2. The summed E-state index contributed by atoms with van der Waals surface area (Å²) in [5, 5.41) is 5.39. The van der Waals surface area contributed by atoms with Gasteiger partial charge in [0.05, 0.1) is 9.40 Å².